The molecule has 0 unspecified atom stereocenters. The Morgan fingerprint density at radius 2 is 0.659 bits per heavy atom. The number of hydrogen-bond acceptors (Lipinski definition) is 22. The predicted molar refractivity (Wildman–Crippen MR) is 485 cm³/mol. The molecule has 0 fully saturated rings. The lowest BCUT2D eigenvalue weighted by atomic mass is 10.1. The summed E-state index contributed by atoms with van der Waals surface area (Å²) in [6, 6.07) is 73.2. The molecule has 0 atom stereocenters. The first-order chi connectivity index (χ1) is 59.4. The van der Waals surface area contributed by atoms with E-state index in [0.717, 1.165) is 122 Å². The van der Waals surface area contributed by atoms with Crippen LogP contribution in [0.15, 0.2) is 279 Å². The second kappa shape index (κ2) is 39.7. The van der Waals surface area contributed by atoms with Gasteiger partial charge in [0.25, 0.3) is 0 Å². The van der Waals surface area contributed by atoms with Crippen molar-refractivity contribution in [2.45, 2.75) is 27.7 Å². The van der Waals surface area contributed by atoms with Crippen LogP contribution in [0.3, 0.4) is 0 Å². The summed E-state index contributed by atoms with van der Waals surface area (Å²) >= 11 is 5.97. The molecule has 0 aliphatic rings. The van der Waals surface area contributed by atoms with Gasteiger partial charge >= 0.3 is 23.9 Å². The van der Waals surface area contributed by atoms with E-state index < -0.39 is 11.9 Å². The minimum Gasteiger partial charge on any atom is -0.508 e. The lowest BCUT2D eigenvalue weighted by Gasteiger charge is -2.11. The SMILES string of the molecule is CCOC(=O)/C=C/c1ccc(Oc2c(-c3ccc(O)cc3)sc3cc(O)ccc23)c(C)c1.CCOC(=O)/C=C/c1ccc(Oc2c(-c3ccc(O)cc3)sc3cc(O)ccc23)cc1C.COC(=O)/C=C/c1ccc(Oc2c(-c3ccc(F)cc3)sc3cc(O)ccc23)cc1.O=C(O)/C=C/c1ccc(Oc2c(-c3ccc(O)cc3)sc3cc(O)ccc23)cc1. The third-order valence-corrected chi connectivity index (χ3v) is 23.2. The van der Waals surface area contributed by atoms with Crippen LogP contribution < -0.4 is 18.9 Å². The maximum absolute atomic E-state index is 13.4. The highest BCUT2D eigenvalue weighted by atomic mass is 32.1. The number of hydrogen-bond donors (Lipinski definition) is 8. The Morgan fingerprint density at radius 3 is 1.02 bits per heavy atom. The number of esters is 3. The zero-order valence-corrected chi connectivity index (χ0v) is 69.6. The van der Waals surface area contributed by atoms with E-state index in [-0.39, 0.29) is 58.0 Å². The fourth-order valence-corrected chi connectivity index (χ4v) is 17.2. The van der Waals surface area contributed by atoms with Crippen LogP contribution in [0.5, 0.6) is 86.2 Å². The molecule has 0 amide bonds. The normalized spacial score (nSPS) is 11.2. The molecule has 0 bridgehead atoms. The summed E-state index contributed by atoms with van der Waals surface area (Å²) in [6.45, 7) is 8.10. The third-order valence-electron chi connectivity index (χ3n) is 18.5. The number of carboxylic acid groups (broad SMARTS) is 1. The maximum Gasteiger partial charge on any atom is 0.330 e. The molecule has 16 rings (SSSR count). The Morgan fingerprint density at radius 1 is 0.333 bits per heavy atom. The zero-order valence-electron chi connectivity index (χ0n) is 66.4. The number of carbonyl (C=O) groups is 4. The number of rotatable bonds is 22. The van der Waals surface area contributed by atoms with Gasteiger partial charge in [0.1, 0.15) is 69.1 Å². The van der Waals surface area contributed by atoms with Gasteiger partial charge in [-0.3, -0.25) is 0 Å². The average molecular weight is 1720 g/mol. The molecule has 123 heavy (non-hydrogen) atoms. The lowest BCUT2D eigenvalue weighted by Crippen LogP contribution is -1.98. The van der Waals surface area contributed by atoms with E-state index in [0.29, 0.717) is 59.2 Å². The number of thiophene rings is 4. The third kappa shape index (κ3) is 22.1. The van der Waals surface area contributed by atoms with Crippen molar-refractivity contribution in [3.63, 3.8) is 0 Å². The first-order valence-electron chi connectivity index (χ1n) is 38.1. The zero-order chi connectivity index (χ0) is 86.8. The predicted octanol–water partition coefficient (Wildman–Crippen LogP) is 25.6. The van der Waals surface area contributed by atoms with Crippen LogP contribution in [0, 0.1) is 19.7 Å². The van der Waals surface area contributed by atoms with Gasteiger partial charge in [-0.05, 0) is 314 Å². The highest BCUT2D eigenvalue weighted by Gasteiger charge is 2.23. The van der Waals surface area contributed by atoms with E-state index in [1.165, 1.54) is 88.9 Å². The van der Waals surface area contributed by atoms with Crippen LogP contribution in [-0.4, -0.2) is 85.1 Å². The van der Waals surface area contributed by atoms with Gasteiger partial charge in [-0.25, -0.2) is 23.6 Å². The van der Waals surface area contributed by atoms with Crippen LogP contribution in [-0.2, 0) is 33.4 Å². The molecule has 12 aromatic carbocycles. The molecule has 24 heteroatoms. The summed E-state index contributed by atoms with van der Waals surface area (Å²) in [4.78, 5) is 48.5. The van der Waals surface area contributed by atoms with Crippen molar-refractivity contribution in [1.82, 2.24) is 0 Å². The molecule has 0 saturated carbocycles. The number of phenolic OH excluding ortho intramolecular Hbond substituents is 7. The van der Waals surface area contributed by atoms with Gasteiger partial charge < -0.3 is 74.0 Å². The summed E-state index contributed by atoms with van der Waals surface area (Å²) in [5.41, 5.74) is 8.71. The van der Waals surface area contributed by atoms with E-state index in [2.05, 4.69) is 4.74 Å². The summed E-state index contributed by atoms with van der Waals surface area (Å²) in [5, 5.41) is 80.6. The molecule has 16 aromatic rings. The summed E-state index contributed by atoms with van der Waals surface area (Å²) in [5.74, 6) is 4.03. The Labute approximate surface area is 721 Å². The quantitative estimate of drug-likeness (QED) is 0.0178. The molecular weight excluding hydrogens is 1640 g/mol. The molecule has 0 saturated heterocycles. The van der Waals surface area contributed by atoms with Gasteiger partial charge in [-0.2, -0.15) is 0 Å². The van der Waals surface area contributed by atoms with E-state index in [4.69, 9.17) is 33.5 Å². The van der Waals surface area contributed by atoms with Crippen LogP contribution in [0.2, 0.25) is 0 Å². The largest absolute Gasteiger partial charge is 0.508 e. The standard InChI is InChI=1S/2C26H22O5S.C24H17FO4S.C23H16O5S/c1-3-30-24(29)13-5-17-4-12-22(16(2)14-17)31-25-21-11-10-20(28)15-23(21)32-26(25)18-6-8-19(27)9-7-18;1-3-30-24(29)13-7-17-6-11-21(14-16(17)2)31-25-22-12-10-20(28)15-23(22)32-26(25)18-4-8-19(27)9-5-18;1-28-22(27)13-4-15-2-10-19(11-3-15)29-23-20-12-9-18(26)14-21(20)30-24(23)16-5-7-17(25)8-6-16;24-16-6-4-15(5-7-16)23-22(19-11-8-17(25)13-20(19)29-23)28-18-9-1-14(2-10-18)3-12-21(26)27/h2*4-15,27-28H,3H2,1-2H3;2-14,26H,1H3;1-13,24-25H,(H,26,27)/b13-5+;13-7+;13-4+;12-3+. The van der Waals surface area contributed by atoms with Crippen molar-refractivity contribution in [3.05, 3.63) is 318 Å². The molecule has 0 aliphatic carbocycles. The molecular formula is C99H77FO19S4. The number of aryl methyl sites for hydroxylation is 2. The fourth-order valence-electron chi connectivity index (χ4n) is 12.5. The minimum atomic E-state index is -1.00. The second-order valence-electron chi connectivity index (χ2n) is 27.2. The molecule has 4 aromatic heterocycles. The van der Waals surface area contributed by atoms with E-state index in [1.807, 2.05) is 117 Å². The number of carboxylic acids is 1. The minimum absolute atomic E-state index is 0.169. The molecule has 19 nitrogen and oxygen atoms in total. The van der Waals surface area contributed by atoms with Gasteiger partial charge in [-0.1, -0.05) is 48.5 Å². The van der Waals surface area contributed by atoms with Gasteiger partial charge in [0, 0.05) is 64.6 Å². The molecule has 0 spiro atoms. The molecule has 0 radical (unpaired) electrons. The number of phenols is 7. The first-order valence-corrected chi connectivity index (χ1v) is 41.3. The highest BCUT2D eigenvalue weighted by Crippen LogP contribution is 2.52. The highest BCUT2D eigenvalue weighted by molar-refractivity contribution is 7.24. The maximum atomic E-state index is 13.4. The Bertz CT molecular complexity index is 6640. The van der Waals surface area contributed by atoms with Crippen molar-refractivity contribution < 1.29 is 97.6 Å². The monoisotopic (exact) mass is 1720 g/mol. The topological polar surface area (TPSA) is 295 Å². The average Bonchev–Trinajstić information content (AvgIpc) is 1.65. The Kier molecular flexibility index (Phi) is 27.8. The van der Waals surface area contributed by atoms with E-state index in [1.54, 1.807) is 172 Å². The van der Waals surface area contributed by atoms with Crippen LogP contribution in [0.25, 0.3) is 106 Å². The summed E-state index contributed by atoms with van der Waals surface area (Å²) < 4.78 is 56.5. The second-order valence-corrected chi connectivity index (χ2v) is 31.4. The van der Waals surface area contributed by atoms with Crippen molar-refractivity contribution in [2.24, 2.45) is 0 Å². The number of aliphatic carboxylic acids is 1. The number of halogens is 1. The molecule has 4 heterocycles. The van der Waals surface area contributed by atoms with Gasteiger partial charge in [0.2, 0.25) is 0 Å². The summed E-state index contributed by atoms with van der Waals surface area (Å²) in [7, 11) is 1.33. The fraction of sp³-hybridized carbons (Fsp3) is 0.0707. The van der Waals surface area contributed by atoms with E-state index >= 15 is 0 Å². The van der Waals surface area contributed by atoms with Crippen molar-refractivity contribution in [1.29, 1.82) is 0 Å². The van der Waals surface area contributed by atoms with Crippen LogP contribution in [0.1, 0.15) is 47.2 Å². The van der Waals surface area contributed by atoms with Gasteiger partial charge in [-0.15, -0.1) is 45.3 Å². The Hall–Kier alpha value is -15.0. The number of aromatic hydroxyl groups is 7. The van der Waals surface area contributed by atoms with Gasteiger partial charge in [0.05, 0.1) is 39.8 Å². The van der Waals surface area contributed by atoms with Gasteiger partial charge in [0.15, 0.2) is 23.0 Å². The van der Waals surface area contributed by atoms with Crippen LogP contribution >= 0.6 is 45.3 Å². The molecule has 0 aliphatic heterocycles. The number of ether oxygens (including phenoxy) is 7. The lowest BCUT2D eigenvalue weighted by molar-refractivity contribution is -0.138. The van der Waals surface area contributed by atoms with Crippen LogP contribution in [0.4, 0.5) is 4.39 Å². The number of methoxy groups -OCH3 is 1. The smallest absolute Gasteiger partial charge is 0.330 e. The van der Waals surface area contributed by atoms with Crippen molar-refractivity contribution in [2.75, 3.05) is 20.3 Å². The van der Waals surface area contributed by atoms with Crippen molar-refractivity contribution >= 4 is 134 Å². The number of carbonyl (C=O) groups excluding carboxylic acids is 3. The first kappa shape index (κ1) is 85.9. The molecule has 8 N–H and O–H groups in total. The molecule has 618 valence electrons. The van der Waals surface area contributed by atoms with E-state index in [9.17, 15) is 59.3 Å². The van der Waals surface area contributed by atoms with Crippen molar-refractivity contribution in [3.8, 4) is 128 Å². The summed E-state index contributed by atoms with van der Waals surface area (Å²) in [6.07, 6.45) is 11.8. The number of benzene rings is 12. The Balaban J connectivity index is 0.000000141. The number of fused-ring (bicyclic) bond motifs is 4.